The van der Waals surface area contributed by atoms with Crippen molar-refractivity contribution in [1.29, 1.82) is 0 Å². The molecular weight excluding hydrogens is 334 g/mol. The van der Waals surface area contributed by atoms with Gasteiger partial charge in [-0.3, -0.25) is 0 Å². The first-order valence-electron chi connectivity index (χ1n) is 9.16. The molecule has 0 spiro atoms. The molecule has 2 aromatic heterocycles. The molecule has 0 fully saturated rings. The van der Waals surface area contributed by atoms with Gasteiger partial charge in [0.05, 0.1) is 5.01 Å². The van der Waals surface area contributed by atoms with Crippen LogP contribution < -0.4 is 10.6 Å². The van der Waals surface area contributed by atoms with Crippen molar-refractivity contribution < 1.29 is 0 Å². The molecule has 8 heteroatoms. The first-order chi connectivity index (χ1) is 12.3. The molecule has 0 unspecified atom stereocenters. The van der Waals surface area contributed by atoms with Crippen LogP contribution in [0.3, 0.4) is 0 Å². The van der Waals surface area contributed by atoms with E-state index in [1.807, 2.05) is 6.20 Å². The highest BCUT2D eigenvalue weighted by Crippen LogP contribution is 2.15. The molecule has 3 heterocycles. The average Bonchev–Trinajstić information content (AvgIpc) is 3.26. The Kier molecular flexibility index (Phi) is 6.38. The first-order valence-corrected chi connectivity index (χ1v) is 9.98. The molecule has 0 aliphatic carbocycles. The predicted octanol–water partition coefficient (Wildman–Crippen LogP) is 1.93. The number of guanidine groups is 1. The lowest BCUT2D eigenvalue weighted by Crippen LogP contribution is -2.38. The van der Waals surface area contributed by atoms with Crippen molar-refractivity contribution in [3.8, 4) is 0 Å². The highest BCUT2D eigenvalue weighted by molar-refractivity contribution is 7.11. The van der Waals surface area contributed by atoms with Gasteiger partial charge < -0.3 is 15.2 Å². The number of fused-ring (bicyclic) bond motifs is 1. The van der Waals surface area contributed by atoms with E-state index in [-0.39, 0.29) is 0 Å². The molecular formula is C17H27N7S. The zero-order valence-corrected chi connectivity index (χ0v) is 15.9. The number of thiazole rings is 1. The Morgan fingerprint density at radius 2 is 2.20 bits per heavy atom. The summed E-state index contributed by atoms with van der Waals surface area (Å²) in [5.41, 5.74) is 0. The van der Waals surface area contributed by atoms with Crippen LogP contribution in [0.25, 0.3) is 0 Å². The Hall–Kier alpha value is -1.96. The summed E-state index contributed by atoms with van der Waals surface area (Å²) < 4.78 is 2.22. The minimum absolute atomic E-state index is 0.555. The first kappa shape index (κ1) is 17.8. The summed E-state index contributed by atoms with van der Waals surface area (Å²) in [6.45, 7) is 7.46. The van der Waals surface area contributed by atoms with Crippen LogP contribution in [0.15, 0.2) is 11.2 Å². The van der Waals surface area contributed by atoms with Gasteiger partial charge in [-0.25, -0.2) is 9.98 Å². The smallest absolute Gasteiger partial charge is 0.191 e. The number of rotatable bonds is 7. The molecule has 25 heavy (non-hydrogen) atoms. The fourth-order valence-electron chi connectivity index (χ4n) is 2.89. The van der Waals surface area contributed by atoms with Crippen LogP contribution in [0.2, 0.25) is 0 Å². The van der Waals surface area contributed by atoms with Gasteiger partial charge in [-0.2, -0.15) is 0 Å². The van der Waals surface area contributed by atoms with Crippen LogP contribution in [-0.2, 0) is 32.4 Å². The molecule has 0 bridgehead atoms. The normalized spacial score (nSPS) is 14.4. The molecule has 7 nitrogen and oxygen atoms in total. The Labute approximate surface area is 153 Å². The van der Waals surface area contributed by atoms with Gasteiger partial charge in [0.15, 0.2) is 11.8 Å². The average molecular weight is 362 g/mol. The van der Waals surface area contributed by atoms with E-state index >= 15 is 0 Å². The van der Waals surface area contributed by atoms with E-state index in [0.29, 0.717) is 6.54 Å². The van der Waals surface area contributed by atoms with Crippen LogP contribution in [0.4, 0.5) is 0 Å². The Morgan fingerprint density at radius 3 is 3.00 bits per heavy atom. The van der Waals surface area contributed by atoms with Gasteiger partial charge in [-0.05, 0) is 26.2 Å². The van der Waals surface area contributed by atoms with Crippen molar-refractivity contribution in [3.05, 3.63) is 27.7 Å². The zero-order valence-electron chi connectivity index (χ0n) is 15.1. The number of hydrogen-bond donors (Lipinski definition) is 2. The van der Waals surface area contributed by atoms with Gasteiger partial charge >= 0.3 is 0 Å². The summed E-state index contributed by atoms with van der Waals surface area (Å²) in [6, 6.07) is 0. The number of aliphatic imine (C=N–C) groups is 1. The van der Waals surface area contributed by atoms with Crippen molar-refractivity contribution in [2.45, 2.75) is 59.0 Å². The molecule has 2 N–H and O–H groups in total. The lowest BCUT2D eigenvalue weighted by Gasteiger charge is -2.14. The van der Waals surface area contributed by atoms with E-state index in [4.69, 9.17) is 0 Å². The Morgan fingerprint density at radius 1 is 1.28 bits per heavy atom. The predicted molar refractivity (Wildman–Crippen MR) is 101 cm³/mol. The van der Waals surface area contributed by atoms with E-state index in [9.17, 15) is 0 Å². The van der Waals surface area contributed by atoms with Crippen LogP contribution in [-0.4, -0.2) is 38.8 Å². The summed E-state index contributed by atoms with van der Waals surface area (Å²) in [5, 5.41) is 16.5. The maximum Gasteiger partial charge on any atom is 0.191 e. The number of aryl methyl sites for hydroxylation is 2. The van der Waals surface area contributed by atoms with Gasteiger partial charge in [0.1, 0.15) is 12.4 Å². The number of nitrogens with one attached hydrogen (secondary N) is 2. The van der Waals surface area contributed by atoms with Crippen molar-refractivity contribution >= 4 is 17.3 Å². The number of aromatic nitrogens is 4. The highest BCUT2D eigenvalue weighted by atomic mass is 32.1. The second kappa shape index (κ2) is 8.94. The van der Waals surface area contributed by atoms with Crippen LogP contribution in [0, 0.1) is 0 Å². The topological polar surface area (TPSA) is 80.0 Å². The molecule has 0 radical (unpaired) electrons. The SMILES string of the molecule is CCNC(=NCc1nnc2n1CCCC2)NCCc1ncc(CC)s1. The molecule has 0 atom stereocenters. The fourth-order valence-corrected chi connectivity index (χ4v) is 3.75. The third-order valence-electron chi connectivity index (χ3n) is 4.24. The van der Waals surface area contributed by atoms with E-state index < -0.39 is 0 Å². The van der Waals surface area contributed by atoms with Crippen molar-refractivity contribution in [1.82, 2.24) is 30.4 Å². The minimum atomic E-state index is 0.555. The Balaban J connectivity index is 1.54. The molecule has 1 aliphatic rings. The molecule has 0 aromatic carbocycles. The zero-order chi connectivity index (χ0) is 17.5. The lowest BCUT2D eigenvalue weighted by atomic mass is 10.2. The number of hydrogen-bond acceptors (Lipinski definition) is 5. The van der Waals surface area contributed by atoms with Crippen LogP contribution in [0.5, 0.6) is 0 Å². The third kappa shape index (κ3) is 4.78. The van der Waals surface area contributed by atoms with Gasteiger partial charge in [0, 0.05) is 43.5 Å². The fraction of sp³-hybridized carbons (Fsp3) is 0.647. The molecule has 3 rings (SSSR count). The van der Waals surface area contributed by atoms with E-state index in [2.05, 4.69) is 49.2 Å². The lowest BCUT2D eigenvalue weighted by molar-refractivity contribution is 0.508. The summed E-state index contributed by atoms with van der Waals surface area (Å²) in [6.07, 6.45) is 7.39. The van der Waals surface area contributed by atoms with Crippen molar-refractivity contribution in [2.75, 3.05) is 13.1 Å². The Bertz CT molecular complexity index is 704. The summed E-state index contributed by atoms with van der Waals surface area (Å²) in [4.78, 5) is 10.5. The minimum Gasteiger partial charge on any atom is -0.357 e. The standard InChI is InChI=1S/C17H27N7S/c1-3-13-11-20-16(25-13)8-9-19-17(18-4-2)21-12-15-23-22-14-7-5-6-10-24(14)15/h11H,3-10,12H2,1-2H3,(H2,18,19,21). The monoisotopic (exact) mass is 361 g/mol. The maximum atomic E-state index is 4.67. The second-order valence-corrected chi connectivity index (χ2v) is 7.29. The molecule has 1 aliphatic heterocycles. The number of nitrogens with zero attached hydrogens (tertiary/aromatic N) is 5. The highest BCUT2D eigenvalue weighted by Gasteiger charge is 2.15. The van der Waals surface area contributed by atoms with Gasteiger partial charge in [0.2, 0.25) is 0 Å². The maximum absolute atomic E-state index is 4.67. The molecule has 0 saturated heterocycles. The second-order valence-electron chi connectivity index (χ2n) is 6.09. The van der Waals surface area contributed by atoms with Crippen LogP contribution in [0.1, 0.15) is 48.2 Å². The van der Waals surface area contributed by atoms with Gasteiger partial charge in [-0.15, -0.1) is 21.5 Å². The van der Waals surface area contributed by atoms with E-state index in [1.165, 1.54) is 22.7 Å². The molecule has 136 valence electrons. The van der Waals surface area contributed by atoms with Crippen molar-refractivity contribution in [2.24, 2.45) is 4.99 Å². The quantitative estimate of drug-likeness (QED) is 0.582. The third-order valence-corrected chi connectivity index (χ3v) is 5.44. The van der Waals surface area contributed by atoms with Crippen molar-refractivity contribution in [3.63, 3.8) is 0 Å². The van der Waals surface area contributed by atoms with E-state index in [0.717, 1.165) is 56.5 Å². The van der Waals surface area contributed by atoms with Gasteiger partial charge in [-0.1, -0.05) is 6.92 Å². The molecule has 0 amide bonds. The molecule has 0 saturated carbocycles. The van der Waals surface area contributed by atoms with Gasteiger partial charge in [0.25, 0.3) is 0 Å². The molecule has 2 aromatic rings. The summed E-state index contributed by atoms with van der Waals surface area (Å²) >= 11 is 1.79. The van der Waals surface area contributed by atoms with Crippen LogP contribution >= 0.6 is 11.3 Å². The summed E-state index contributed by atoms with van der Waals surface area (Å²) in [7, 11) is 0. The van der Waals surface area contributed by atoms with E-state index in [1.54, 1.807) is 11.3 Å². The largest absolute Gasteiger partial charge is 0.357 e. The summed E-state index contributed by atoms with van der Waals surface area (Å²) in [5.74, 6) is 2.88.